The molecule has 98 valence electrons. The Labute approximate surface area is 106 Å². The molecule has 2 N–H and O–H groups in total. The van der Waals surface area contributed by atoms with Crippen LogP contribution in [0.4, 0.5) is 0 Å². The number of hydrogen-bond acceptors (Lipinski definition) is 4. The van der Waals surface area contributed by atoms with E-state index in [9.17, 15) is 4.79 Å². The summed E-state index contributed by atoms with van der Waals surface area (Å²) in [5, 5.41) is 12.0. The highest BCUT2D eigenvalue weighted by Crippen LogP contribution is 2.09. The van der Waals surface area contributed by atoms with Gasteiger partial charge in [0.2, 0.25) is 0 Å². The van der Waals surface area contributed by atoms with E-state index in [0.717, 1.165) is 32.8 Å². The van der Waals surface area contributed by atoms with Gasteiger partial charge in [-0.05, 0) is 24.3 Å². The van der Waals surface area contributed by atoms with Gasteiger partial charge in [0.1, 0.15) is 5.75 Å². The van der Waals surface area contributed by atoms with Crippen molar-refractivity contribution in [3.8, 4) is 5.75 Å². The Balaban J connectivity index is 1.72. The summed E-state index contributed by atoms with van der Waals surface area (Å²) in [6.45, 7) is 4.86. The molecule has 1 saturated heterocycles. The molecule has 2 rings (SSSR count). The number of aromatic hydroxyl groups is 1. The number of phenols is 1. The third-order valence-electron chi connectivity index (χ3n) is 2.95. The summed E-state index contributed by atoms with van der Waals surface area (Å²) in [5.41, 5.74) is 0.565. The zero-order valence-corrected chi connectivity index (χ0v) is 10.3. The molecule has 1 amide bonds. The second-order valence-corrected chi connectivity index (χ2v) is 4.26. The lowest BCUT2D eigenvalue weighted by Gasteiger charge is -2.26. The number of benzene rings is 1. The second-order valence-electron chi connectivity index (χ2n) is 4.26. The largest absolute Gasteiger partial charge is 0.508 e. The lowest BCUT2D eigenvalue weighted by atomic mass is 10.2. The highest BCUT2D eigenvalue weighted by atomic mass is 16.5. The fraction of sp³-hybridized carbons (Fsp3) is 0.462. The molecular weight excluding hydrogens is 232 g/mol. The van der Waals surface area contributed by atoms with Gasteiger partial charge in [-0.25, -0.2) is 0 Å². The van der Waals surface area contributed by atoms with Crippen molar-refractivity contribution in [1.29, 1.82) is 0 Å². The summed E-state index contributed by atoms with van der Waals surface area (Å²) in [6.07, 6.45) is 0. The summed E-state index contributed by atoms with van der Waals surface area (Å²) in [7, 11) is 0. The Morgan fingerprint density at radius 3 is 2.61 bits per heavy atom. The molecule has 1 fully saturated rings. The number of phenolic OH excluding ortho intramolecular Hbond substituents is 1. The maximum absolute atomic E-state index is 11.8. The van der Waals surface area contributed by atoms with E-state index in [1.807, 2.05) is 0 Å². The number of amides is 1. The number of rotatable bonds is 4. The Morgan fingerprint density at radius 1 is 1.28 bits per heavy atom. The summed E-state index contributed by atoms with van der Waals surface area (Å²) in [4.78, 5) is 14.0. The Kier molecular flexibility index (Phi) is 4.55. The first kappa shape index (κ1) is 12.9. The smallest absolute Gasteiger partial charge is 0.251 e. The zero-order valence-electron chi connectivity index (χ0n) is 10.3. The molecule has 5 heteroatoms. The molecule has 5 nitrogen and oxygen atoms in total. The topological polar surface area (TPSA) is 61.8 Å². The molecule has 0 aromatic heterocycles. The van der Waals surface area contributed by atoms with Crippen LogP contribution in [0.3, 0.4) is 0 Å². The number of nitrogens with one attached hydrogen (secondary N) is 1. The van der Waals surface area contributed by atoms with Crippen molar-refractivity contribution in [2.24, 2.45) is 0 Å². The van der Waals surface area contributed by atoms with Crippen LogP contribution in [0.5, 0.6) is 5.75 Å². The monoisotopic (exact) mass is 250 g/mol. The third kappa shape index (κ3) is 3.72. The molecule has 0 unspecified atom stereocenters. The van der Waals surface area contributed by atoms with Gasteiger partial charge in [-0.2, -0.15) is 0 Å². The average molecular weight is 250 g/mol. The first-order valence-electron chi connectivity index (χ1n) is 6.13. The molecule has 0 bridgehead atoms. The minimum Gasteiger partial charge on any atom is -0.508 e. The lowest BCUT2D eigenvalue weighted by molar-refractivity contribution is 0.0383. The zero-order chi connectivity index (χ0) is 12.8. The lowest BCUT2D eigenvalue weighted by Crippen LogP contribution is -2.41. The van der Waals surface area contributed by atoms with Crippen molar-refractivity contribution in [3.05, 3.63) is 29.8 Å². The van der Waals surface area contributed by atoms with Gasteiger partial charge in [-0.15, -0.1) is 0 Å². The van der Waals surface area contributed by atoms with Gasteiger partial charge in [-0.3, -0.25) is 9.69 Å². The SMILES string of the molecule is O=C(NCCN1CCOCC1)c1ccc(O)cc1. The fourth-order valence-corrected chi connectivity index (χ4v) is 1.87. The fourth-order valence-electron chi connectivity index (χ4n) is 1.87. The van der Waals surface area contributed by atoms with Crippen LogP contribution < -0.4 is 5.32 Å². The Morgan fingerprint density at radius 2 is 1.94 bits per heavy atom. The van der Waals surface area contributed by atoms with E-state index in [4.69, 9.17) is 9.84 Å². The first-order valence-corrected chi connectivity index (χ1v) is 6.13. The van der Waals surface area contributed by atoms with Gasteiger partial charge in [0.15, 0.2) is 0 Å². The van der Waals surface area contributed by atoms with Gasteiger partial charge in [0, 0.05) is 31.7 Å². The summed E-state index contributed by atoms with van der Waals surface area (Å²) in [5.74, 6) is 0.0585. The molecule has 0 radical (unpaired) electrons. The van der Waals surface area contributed by atoms with Crippen LogP contribution in [0.1, 0.15) is 10.4 Å². The summed E-state index contributed by atoms with van der Waals surface area (Å²) in [6, 6.07) is 6.24. The van der Waals surface area contributed by atoms with E-state index < -0.39 is 0 Å². The molecule has 1 aromatic rings. The normalized spacial score (nSPS) is 16.4. The predicted molar refractivity (Wildman–Crippen MR) is 67.7 cm³/mol. The van der Waals surface area contributed by atoms with Crippen molar-refractivity contribution >= 4 is 5.91 Å². The molecule has 0 aliphatic carbocycles. The summed E-state index contributed by atoms with van der Waals surface area (Å²) >= 11 is 0. The van der Waals surface area contributed by atoms with Crippen molar-refractivity contribution in [2.75, 3.05) is 39.4 Å². The minimum atomic E-state index is -0.108. The van der Waals surface area contributed by atoms with Crippen LogP contribution in [0, 0.1) is 0 Å². The standard InChI is InChI=1S/C13H18N2O3/c16-12-3-1-11(2-4-12)13(17)14-5-6-15-7-9-18-10-8-15/h1-4,16H,5-10H2,(H,14,17). The highest BCUT2D eigenvalue weighted by Gasteiger charge is 2.10. The molecule has 0 atom stereocenters. The van der Waals surface area contributed by atoms with Gasteiger partial charge in [-0.1, -0.05) is 0 Å². The summed E-state index contributed by atoms with van der Waals surface area (Å²) < 4.78 is 5.25. The molecule has 0 spiro atoms. The molecule has 1 aliphatic heterocycles. The van der Waals surface area contributed by atoms with Crippen molar-refractivity contribution in [2.45, 2.75) is 0 Å². The Bertz CT molecular complexity index is 386. The number of carbonyl (C=O) groups is 1. The van der Waals surface area contributed by atoms with Crippen LogP contribution in [0.25, 0.3) is 0 Å². The highest BCUT2D eigenvalue weighted by molar-refractivity contribution is 5.94. The van der Waals surface area contributed by atoms with Crippen molar-refractivity contribution < 1.29 is 14.6 Å². The molecule has 1 aliphatic rings. The molecule has 1 heterocycles. The quantitative estimate of drug-likeness (QED) is 0.814. The molecule has 18 heavy (non-hydrogen) atoms. The number of carbonyl (C=O) groups excluding carboxylic acids is 1. The average Bonchev–Trinajstić information content (AvgIpc) is 2.40. The van der Waals surface area contributed by atoms with Crippen LogP contribution in [0.2, 0.25) is 0 Å². The third-order valence-corrected chi connectivity index (χ3v) is 2.95. The van der Waals surface area contributed by atoms with Gasteiger partial charge in [0.25, 0.3) is 5.91 Å². The number of morpholine rings is 1. The van der Waals surface area contributed by atoms with Gasteiger partial charge in [0.05, 0.1) is 13.2 Å². The molecular formula is C13H18N2O3. The van der Waals surface area contributed by atoms with E-state index >= 15 is 0 Å². The van der Waals surface area contributed by atoms with Crippen LogP contribution >= 0.6 is 0 Å². The maximum Gasteiger partial charge on any atom is 0.251 e. The first-order chi connectivity index (χ1) is 8.75. The maximum atomic E-state index is 11.8. The number of nitrogens with zero attached hydrogens (tertiary/aromatic N) is 1. The number of hydrogen-bond donors (Lipinski definition) is 2. The van der Waals surface area contributed by atoms with E-state index in [0.29, 0.717) is 12.1 Å². The van der Waals surface area contributed by atoms with E-state index in [1.54, 1.807) is 12.1 Å². The van der Waals surface area contributed by atoms with Gasteiger partial charge < -0.3 is 15.2 Å². The van der Waals surface area contributed by atoms with E-state index in [2.05, 4.69) is 10.2 Å². The van der Waals surface area contributed by atoms with Crippen LogP contribution in [-0.2, 0) is 4.74 Å². The van der Waals surface area contributed by atoms with Crippen molar-refractivity contribution in [1.82, 2.24) is 10.2 Å². The van der Waals surface area contributed by atoms with Crippen LogP contribution in [0.15, 0.2) is 24.3 Å². The van der Waals surface area contributed by atoms with E-state index in [-0.39, 0.29) is 11.7 Å². The number of ether oxygens (including phenoxy) is 1. The van der Waals surface area contributed by atoms with Crippen molar-refractivity contribution in [3.63, 3.8) is 0 Å². The predicted octanol–water partition coefficient (Wildman–Crippen LogP) is 0.454. The van der Waals surface area contributed by atoms with E-state index in [1.165, 1.54) is 12.1 Å². The van der Waals surface area contributed by atoms with Gasteiger partial charge >= 0.3 is 0 Å². The Hall–Kier alpha value is -1.59. The molecule has 1 aromatic carbocycles. The second kappa shape index (κ2) is 6.37. The minimum absolute atomic E-state index is 0.108. The molecule has 0 saturated carbocycles. The van der Waals surface area contributed by atoms with Crippen LogP contribution in [-0.4, -0.2) is 55.3 Å².